The summed E-state index contributed by atoms with van der Waals surface area (Å²) >= 11 is 0. The molecule has 0 unspecified atom stereocenters. The lowest BCUT2D eigenvalue weighted by Crippen LogP contribution is -2.56. The molecular formula is C21H32N2O5. The van der Waals surface area contributed by atoms with E-state index in [1.54, 1.807) is 7.11 Å². The third-order valence-electron chi connectivity index (χ3n) is 6.10. The number of aliphatic hydroxyl groups excluding tert-OH is 1. The van der Waals surface area contributed by atoms with Crippen LogP contribution in [0.4, 0.5) is 5.69 Å². The number of ether oxygens (including phenoxy) is 4. The van der Waals surface area contributed by atoms with Gasteiger partial charge in [-0.3, -0.25) is 4.90 Å². The van der Waals surface area contributed by atoms with Crippen molar-refractivity contribution in [3.05, 3.63) is 24.3 Å². The number of hydrogen-bond donors (Lipinski definition) is 1. The van der Waals surface area contributed by atoms with Crippen LogP contribution in [0.2, 0.25) is 0 Å². The minimum Gasteiger partial charge on any atom is -0.495 e. The summed E-state index contributed by atoms with van der Waals surface area (Å²) in [4.78, 5) is 4.69. The van der Waals surface area contributed by atoms with Crippen molar-refractivity contribution in [3.8, 4) is 5.75 Å². The third-order valence-corrected chi connectivity index (χ3v) is 6.10. The van der Waals surface area contributed by atoms with Crippen LogP contribution >= 0.6 is 0 Å². The lowest BCUT2D eigenvalue weighted by atomic mass is 9.99. The van der Waals surface area contributed by atoms with E-state index in [1.165, 1.54) is 0 Å². The molecule has 3 saturated heterocycles. The topological polar surface area (TPSA) is 63.6 Å². The minimum atomic E-state index is -0.616. The normalized spacial score (nSPS) is 36.0. The first-order chi connectivity index (χ1) is 13.4. The molecule has 3 fully saturated rings. The smallest absolute Gasteiger partial charge is 0.163 e. The standard InChI is InChI=1S/C21H32N2O5/c1-14-18(19(24)20(27-14)17-13-26-21(2,3)28-17)23-11-9-22(10-12-23)15-7-5-6-8-16(15)25-4/h5-8,14,17-20,24H,9-13H2,1-4H3/t14-,17+,18-,19+,20+/m0/s1. The minimum absolute atomic E-state index is 0.0304. The van der Waals surface area contributed by atoms with Crippen LogP contribution in [0.1, 0.15) is 20.8 Å². The summed E-state index contributed by atoms with van der Waals surface area (Å²) < 4.78 is 23.2. The highest BCUT2D eigenvalue weighted by atomic mass is 16.8. The van der Waals surface area contributed by atoms with Crippen LogP contribution in [-0.4, -0.2) is 86.1 Å². The van der Waals surface area contributed by atoms with Crippen molar-refractivity contribution < 1.29 is 24.1 Å². The largest absolute Gasteiger partial charge is 0.495 e. The summed E-state index contributed by atoms with van der Waals surface area (Å²) in [5, 5.41) is 11.0. The lowest BCUT2D eigenvalue weighted by Gasteiger charge is -2.41. The fourth-order valence-electron chi connectivity index (χ4n) is 4.73. The molecule has 3 aliphatic heterocycles. The fourth-order valence-corrected chi connectivity index (χ4v) is 4.73. The average Bonchev–Trinajstić information content (AvgIpc) is 3.20. The van der Waals surface area contributed by atoms with E-state index in [9.17, 15) is 5.11 Å². The van der Waals surface area contributed by atoms with Crippen LogP contribution < -0.4 is 9.64 Å². The van der Waals surface area contributed by atoms with E-state index < -0.39 is 11.9 Å². The van der Waals surface area contributed by atoms with E-state index in [2.05, 4.69) is 15.9 Å². The Bertz CT molecular complexity index is 677. The van der Waals surface area contributed by atoms with Gasteiger partial charge in [0.15, 0.2) is 5.79 Å². The molecule has 7 heteroatoms. The molecule has 1 N–H and O–H groups in total. The van der Waals surface area contributed by atoms with Crippen molar-refractivity contribution in [2.75, 3.05) is 44.8 Å². The van der Waals surface area contributed by atoms with E-state index in [4.69, 9.17) is 18.9 Å². The predicted octanol–water partition coefficient (Wildman–Crippen LogP) is 1.49. The Kier molecular flexibility index (Phi) is 5.55. The molecule has 156 valence electrons. The first-order valence-electron chi connectivity index (χ1n) is 10.2. The fraction of sp³-hybridized carbons (Fsp3) is 0.714. The summed E-state index contributed by atoms with van der Waals surface area (Å²) in [6.45, 7) is 9.80. The second-order valence-corrected chi connectivity index (χ2v) is 8.35. The molecule has 0 aromatic heterocycles. The van der Waals surface area contributed by atoms with Crippen LogP contribution in [0.3, 0.4) is 0 Å². The zero-order valence-electron chi connectivity index (χ0n) is 17.2. The quantitative estimate of drug-likeness (QED) is 0.833. The van der Waals surface area contributed by atoms with Crippen molar-refractivity contribution in [1.82, 2.24) is 4.90 Å². The number of methoxy groups -OCH3 is 1. The molecule has 3 aliphatic rings. The Morgan fingerprint density at radius 2 is 1.86 bits per heavy atom. The van der Waals surface area contributed by atoms with Gasteiger partial charge in [0.05, 0.1) is 31.5 Å². The molecule has 1 aromatic rings. The van der Waals surface area contributed by atoms with Crippen LogP contribution in [0.5, 0.6) is 5.75 Å². The van der Waals surface area contributed by atoms with Crippen molar-refractivity contribution >= 4 is 5.69 Å². The maximum atomic E-state index is 11.0. The number of piperazine rings is 1. The van der Waals surface area contributed by atoms with Crippen LogP contribution in [-0.2, 0) is 14.2 Å². The number of nitrogens with zero attached hydrogens (tertiary/aromatic N) is 2. The first kappa shape index (κ1) is 19.9. The summed E-state index contributed by atoms with van der Waals surface area (Å²) in [7, 11) is 1.71. The molecule has 3 heterocycles. The van der Waals surface area contributed by atoms with Gasteiger partial charge in [-0.05, 0) is 32.9 Å². The monoisotopic (exact) mass is 392 g/mol. The van der Waals surface area contributed by atoms with Gasteiger partial charge in [0.2, 0.25) is 0 Å². The van der Waals surface area contributed by atoms with E-state index in [-0.39, 0.29) is 24.4 Å². The Hall–Kier alpha value is -1.38. The van der Waals surface area contributed by atoms with Crippen molar-refractivity contribution in [1.29, 1.82) is 0 Å². The Morgan fingerprint density at radius 3 is 2.50 bits per heavy atom. The highest BCUT2D eigenvalue weighted by Gasteiger charge is 2.51. The predicted molar refractivity (Wildman–Crippen MR) is 106 cm³/mol. The van der Waals surface area contributed by atoms with E-state index in [0.717, 1.165) is 37.6 Å². The van der Waals surface area contributed by atoms with E-state index >= 15 is 0 Å². The maximum Gasteiger partial charge on any atom is 0.163 e. The van der Waals surface area contributed by atoms with Gasteiger partial charge in [-0.25, -0.2) is 0 Å². The van der Waals surface area contributed by atoms with Crippen molar-refractivity contribution in [3.63, 3.8) is 0 Å². The summed E-state index contributed by atoms with van der Waals surface area (Å²) in [6, 6.07) is 8.09. The lowest BCUT2D eigenvalue weighted by molar-refractivity contribution is -0.160. The molecule has 7 nitrogen and oxygen atoms in total. The number of rotatable bonds is 4. The molecule has 0 saturated carbocycles. The highest BCUT2D eigenvalue weighted by Crippen LogP contribution is 2.35. The second kappa shape index (κ2) is 7.80. The zero-order chi connectivity index (χ0) is 19.9. The zero-order valence-corrected chi connectivity index (χ0v) is 17.2. The van der Waals surface area contributed by atoms with Gasteiger partial charge in [0.25, 0.3) is 0 Å². The number of hydrogen-bond acceptors (Lipinski definition) is 7. The van der Waals surface area contributed by atoms with Gasteiger partial charge in [0.1, 0.15) is 24.1 Å². The number of benzene rings is 1. The van der Waals surface area contributed by atoms with Crippen molar-refractivity contribution in [2.45, 2.75) is 57.0 Å². The van der Waals surface area contributed by atoms with Crippen LogP contribution in [0, 0.1) is 0 Å². The molecule has 5 atom stereocenters. The van der Waals surface area contributed by atoms with Gasteiger partial charge < -0.3 is 29.0 Å². The Morgan fingerprint density at radius 1 is 1.14 bits per heavy atom. The van der Waals surface area contributed by atoms with E-state index in [1.807, 2.05) is 39.0 Å². The first-order valence-corrected chi connectivity index (χ1v) is 10.2. The number of anilines is 1. The summed E-state index contributed by atoms with van der Waals surface area (Å²) in [5.41, 5.74) is 1.12. The van der Waals surface area contributed by atoms with Gasteiger partial charge in [-0.1, -0.05) is 12.1 Å². The van der Waals surface area contributed by atoms with Crippen LogP contribution in [0.15, 0.2) is 24.3 Å². The van der Waals surface area contributed by atoms with Gasteiger partial charge in [0, 0.05) is 26.2 Å². The van der Waals surface area contributed by atoms with E-state index in [0.29, 0.717) is 6.61 Å². The van der Waals surface area contributed by atoms with Gasteiger partial charge in [-0.15, -0.1) is 0 Å². The molecule has 0 spiro atoms. The molecule has 4 rings (SSSR count). The Labute approximate surface area is 167 Å². The van der Waals surface area contributed by atoms with Crippen molar-refractivity contribution in [2.24, 2.45) is 0 Å². The molecule has 0 radical (unpaired) electrons. The Balaban J connectivity index is 1.39. The SMILES string of the molecule is COc1ccccc1N1CCN([C@@H]2[C@@H](O)[C@@H]([C@H]3COC(C)(C)O3)O[C@H]2C)CC1. The number of aliphatic hydroxyl groups is 1. The van der Waals surface area contributed by atoms with Crippen LogP contribution in [0.25, 0.3) is 0 Å². The average molecular weight is 392 g/mol. The molecular weight excluding hydrogens is 360 g/mol. The molecule has 0 amide bonds. The highest BCUT2D eigenvalue weighted by molar-refractivity contribution is 5.58. The van der Waals surface area contributed by atoms with Gasteiger partial charge >= 0.3 is 0 Å². The molecule has 28 heavy (non-hydrogen) atoms. The molecule has 0 aliphatic carbocycles. The number of para-hydroxylation sites is 2. The summed E-state index contributed by atoms with van der Waals surface area (Å²) in [5.74, 6) is 0.282. The maximum absolute atomic E-state index is 11.0. The third kappa shape index (κ3) is 3.74. The molecule has 1 aromatic carbocycles. The molecule has 0 bridgehead atoms. The second-order valence-electron chi connectivity index (χ2n) is 8.35. The van der Waals surface area contributed by atoms with Gasteiger partial charge in [-0.2, -0.15) is 0 Å². The summed E-state index contributed by atoms with van der Waals surface area (Å²) in [6.07, 6.45) is -1.22.